The van der Waals surface area contributed by atoms with Gasteiger partial charge < -0.3 is 15.0 Å². The number of aromatic nitrogens is 1. The fourth-order valence-electron chi connectivity index (χ4n) is 4.27. The zero-order valence-corrected chi connectivity index (χ0v) is 15.7. The first kappa shape index (κ1) is 17.8. The molecule has 0 spiro atoms. The van der Waals surface area contributed by atoms with Crippen LogP contribution < -0.4 is 5.32 Å². The molecule has 134 valence electrons. The van der Waals surface area contributed by atoms with Crippen LogP contribution in [0, 0.1) is 0 Å². The second kappa shape index (κ2) is 7.11. The standard InChI is InChI=1S/C20H33N3O/c1-19(2)15-18(20(3,4)24-19)22-17-8-13-23(14-9-17)12-7-16-5-10-21-11-6-16/h5-6,10-11,17-18,22H,7-9,12-15H2,1-4H3/t18-/m1/s1. The Morgan fingerprint density at radius 2 is 1.83 bits per heavy atom. The SMILES string of the molecule is CC1(C)C[C@@H](NC2CCN(CCc3ccncc3)CC2)C(C)(C)O1. The zero-order chi connectivity index (χ0) is 17.2. The number of pyridine rings is 1. The van der Waals surface area contributed by atoms with Gasteiger partial charge in [0, 0.05) is 31.0 Å². The number of rotatable bonds is 5. The van der Waals surface area contributed by atoms with E-state index in [2.05, 4.69) is 55.0 Å². The largest absolute Gasteiger partial charge is 0.368 e. The smallest absolute Gasteiger partial charge is 0.0787 e. The van der Waals surface area contributed by atoms with Crippen LogP contribution in [0.2, 0.25) is 0 Å². The molecule has 3 rings (SSSR count). The normalized spacial score (nSPS) is 27.4. The van der Waals surface area contributed by atoms with E-state index in [9.17, 15) is 0 Å². The molecular weight excluding hydrogens is 298 g/mol. The highest BCUT2D eigenvalue weighted by molar-refractivity contribution is 5.10. The number of ether oxygens (including phenoxy) is 1. The van der Waals surface area contributed by atoms with E-state index >= 15 is 0 Å². The van der Waals surface area contributed by atoms with Crippen LogP contribution in [0.1, 0.15) is 52.5 Å². The van der Waals surface area contributed by atoms with E-state index in [1.165, 1.54) is 31.5 Å². The molecule has 2 aliphatic heterocycles. The average Bonchev–Trinajstić information content (AvgIpc) is 2.74. The number of piperidine rings is 1. The molecule has 0 aliphatic carbocycles. The van der Waals surface area contributed by atoms with E-state index in [0.29, 0.717) is 12.1 Å². The fraction of sp³-hybridized carbons (Fsp3) is 0.750. The van der Waals surface area contributed by atoms with Crippen molar-refractivity contribution in [3.8, 4) is 0 Å². The summed E-state index contributed by atoms with van der Waals surface area (Å²) in [5.74, 6) is 0. The van der Waals surface area contributed by atoms with Crippen molar-refractivity contribution in [3.05, 3.63) is 30.1 Å². The molecule has 1 aromatic rings. The van der Waals surface area contributed by atoms with Crippen molar-refractivity contribution < 1.29 is 4.74 Å². The molecule has 0 aromatic carbocycles. The Morgan fingerprint density at radius 3 is 2.42 bits per heavy atom. The van der Waals surface area contributed by atoms with Gasteiger partial charge in [0.25, 0.3) is 0 Å². The van der Waals surface area contributed by atoms with E-state index in [1.54, 1.807) is 0 Å². The van der Waals surface area contributed by atoms with Crippen LogP contribution in [0.25, 0.3) is 0 Å². The molecule has 24 heavy (non-hydrogen) atoms. The zero-order valence-electron chi connectivity index (χ0n) is 15.7. The Balaban J connectivity index is 1.42. The summed E-state index contributed by atoms with van der Waals surface area (Å²) >= 11 is 0. The Labute approximate surface area is 147 Å². The lowest BCUT2D eigenvalue weighted by atomic mass is 9.92. The number of hydrogen-bond acceptors (Lipinski definition) is 4. The molecule has 2 saturated heterocycles. The van der Waals surface area contributed by atoms with Crippen molar-refractivity contribution in [3.63, 3.8) is 0 Å². The van der Waals surface area contributed by atoms with Crippen LogP contribution in [-0.4, -0.2) is 52.8 Å². The third-order valence-electron chi connectivity index (χ3n) is 5.56. The molecule has 2 fully saturated rings. The molecule has 0 amide bonds. The van der Waals surface area contributed by atoms with Crippen LogP contribution in [-0.2, 0) is 11.2 Å². The van der Waals surface area contributed by atoms with E-state index in [1.807, 2.05) is 12.4 Å². The molecule has 0 radical (unpaired) electrons. The number of hydrogen-bond donors (Lipinski definition) is 1. The average molecular weight is 332 g/mol. The minimum Gasteiger partial charge on any atom is -0.368 e. The summed E-state index contributed by atoms with van der Waals surface area (Å²) in [4.78, 5) is 6.68. The Morgan fingerprint density at radius 1 is 1.17 bits per heavy atom. The van der Waals surface area contributed by atoms with Gasteiger partial charge in [0.1, 0.15) is 0 Å². The summed E-state index contributed by atoms with van der Waals surface area (Å²) in [6, 6.07) is 5.33. The molecule has 0 bridgehead atoms. The van der Waals surface area contributed by atoms with Crippen molar-refractivity contribution in [2.75, 3.05) is 19.6 Å². The van der Waals surface area contributed by atoms with Crippen LogP contribution in [0.4, 0.5) is 0 Å². The van der Waals surface area contributed by atoms with Gasteiger partial charge in [-0.1, -0.05) is 0 Å². The highest BCUT2D eigenvalue weighted by Crippen LogP contribution is 2.37. The van der Waals surface area contributed by atoms with Crippen LogP contribution in [0.5, 0.6) is 0 Å². The topological polar surface area (TPSA) is 37.4 Å². The van der Waals surface area contributed by atoms with Gasteiger partial charge in [0.15, 0.2) is 0 Å². The summed E-state index contributed by atoms with van der Waals surface area (Å²) in [5.41, 5.74) is 1.31. The number of nitrogens with zero attached hydrogens (tertiary/aromatic N) is 2. The molecule has 4 nitrogen and oxygen atoms in total. The molecule has 0 saturated carbocycles. The van der Waals surface area contributed by atoms with Crippen LogP contribution in [0.3, 0.4) is 0 Å². The van der Waals surface area contributed by atoms with Crippen molar-refractivity contribution in [1.82, 2.24) is 15.2 Å². The van der Waals surface area contributed by atoms with Gasteiger partial charge in [-0.3, -0.25) is 4.98 Å². The van der Waals surface area contributed by atoms with Gasteiger partial charge in [-0.05, 0) is 84.2 Å². The lowest BCUT2D eigenvalue weighted by Crippen LogP contribution is -2.51. The third kappa shape index (κ3) is 4.56. The minimum atomic E-state index is -0.0675. The van der Waals surface area contributed by atoms with Gasteiger partial charge in [-0.25, -0.2) is 0 Å². The summed E-state index contributed by atoms with van der Waals surface area (Å²) in [6.45, 7) is 12.4. The molecule has 4 heteroatoms. The molecule has 1 aromatic heterocycles. The molecule has 2 aliphatic rings. The lowest BCUT2D eigenvalue weighted by molar-refractivity contribution is -0.0708. The van der Waals surface area contributed by atoms with E-state index in [-0.39, 0.29) is 11.2 Å². The van der Waals surface area contributed by atoms with Crippen molar-refractivity contribution in [1.29, 1.82) is 0 Å². The number of likely N-dealkylation sites (tertiary alicyclic amines) is 1. The van der Waals surface area contributed by atoms with Crippen LogP contribution in [0.15, 0.2) is 24.5 Å². The first-order valence-corrected chi connectivity index (χ1v) is 9.42. The highest BCUT2D eigenvalue weighted by Gasteiger charge is 2.46. The van der Waals surface area contributed by atoms with Crippen molar-refractivity contribution in [2.45, 2.75) is 76.7 Å². The lowest BCUT2D eigenvalue weighted by Gasteiger charge is -2.36. The quantitative estimate of drug-likeness (QED) is 0.900. The van der Waals surface area contributed by atoms with Crippen LogP contribution >= 0.6 is 0 Å². The minimum absolute atomic E-state index is 0.00753. The summed E-state index contributed by atoms with van der Waals surface area (Å²) in [5, 5.41) is 3.90. The summed E-state index contributed by atoms with van der Waals surface area (Å²) in [6.07, 6.45) is 8.48. The second-order valence-corrected chi connectivity index (χ2v) is 8.61. The van der Waals surface area contributed by atoms with E-state index < -0.39 is 0 Å². The van der Waals surface area contributed by atoms with Gasteiger partial charge >= 0.3 is 0 Å². The number of nitrogens with one attached hydrogen (secondary N) is 1. The maximum Gasteiger partial charge on any atom is 0.0787 e. The summed E-state index contributed by atoms with van der Waals surface area (Å²) < 4.78 is 6.22. The third-order valence-corrected chi connectivity index (χ3v) is 5.56. The van der Waals surface area contributed by atoms with Crippen molar-refractivity contribution in [2.24, 2.45) is 0 Å². The predicted molar refractivity (Wildman–Crippen MR) is 98.2 cm³/mol. The van der Waals surface area contributed by atoms with Gasteiger partial charge in [0.05, 0.1) is 11.2 Å². The molecular formula is C20H33N3O. The summed E-state index contributed by atoms with van der Waals surface area (Å²) in [7, 11) is 0. The molecule has 3 heterocycles. The molecule has 0 unspecified atom stereocenters. The Hall–Kier alpha value is -0.970. The van der Waals surface area contributed by atoms with Crippen molar-refractivity contribution >= 4 is 0 Å². The Bertz CT molecular complexity index is 521. The highest BCUT2D eigenvalue weighted by atomic mass is 16.5. The monoisotopic (exact) mass is 331 g/mol. The maximum absolute atomic E-state index is 6.22. The predicted octanol–water partition coefficient (Wildman–Crippen LogP) is 3.02. The fourth-order valence-corrected chi connectivity index (χ4v) is 4.27. The first-order chi connectivity index (χ1) is 11.3. The van der Waals surface area contributed by atoms with E-state index in [0.717, 1.165) is 19.4 Å². The second-order valence-electron chi connectivity index (χ2n) is 8.61. The van der Waals surface area contributed by atoms with Gasteiger partial charge in [0.2, 0.25) is 0 Å². The van der Waals surface area contributed by atoms with E-state index in [4.69, 9.17) is 4.74 Å². The maximum atomic E-state index is 6.22. The first-order valence-electron chi connectivity index (χ1n) is 9.42. The molecule has 1 N–H and O–H groups in total. The Kier molecular flexibility index (Phi) is 5.28. The van der Waals surface area contributed by atoms with Gasteiger partial charge in [-0.15, -0.1) is 0 Å². The molecule has 1 atom stereocenters. The van der Waals surface area contributed by atoms with Gasteiger partial charge in [-0.2, -0.15) is 0 Å².